The smallest absolute Gasteiger partial charge is 0.337 e. The number of nitrogens with zero attached hydrogens (tertiary/aromatic N) is 2. The minimum Gasteiger partial charge on any atom is -0.478 e. The summed E-state index contributed by atoms with van der Waals surface area (Å²) in [6.07, 6.45) is 1.32. The van der Waals surface area contributed by atoms with Crippen LogP contribution in [0.25, 0.3) is 22.0 Å². The van der Waals surface area contributed by atoms with Gasteiger partial charge in [0, 0.05) is 25.7 Å². The standard InChI is InChI=1S/C18H15FN2O3/c1-20(2)18(24)21-10-15(17(22)23)14-8-5-12(9-16(14)21)11-3-6-13(19)7-4-11/h3-10H,1-2H3,(H,22,23). The number of hydrogen-bond acceptors (Lipinski definition) is 2. The summed E-state index contributed by atoms with van der Waals surface area (Å²) in [5, 5.41) is 9.83. The summed E-state index contributed by atoms with van der Waals surface area (Å²) < 4.78 is 14.4. The van der Waals surface area contributed by atoms with Gasteiger partial charge in [-0.05, 0) is 29.3 Å². The van der Waals surface area contributed by atoms with Crippen molar-refractivity contribution in [3.8, 4) is 11.1 Å². The number of aromatic carboxylic acids is 1. The molecule has 5 nitrogen and oxygen atoms in total. The van der Waals surface area contributed by atoms with Crippen molar-refractivity contribution >= 4 is 22.9 Å². The van der Waals surface area contributed by atoms with E-state index < -0.39 is 5.97 Å². The SMILES string of the molecule is CN(C)C(=O)n1cc(C(=O)O)c2ccc(-c3ccc(F)cc3)cc21. The minimum absolute atomic E-state index is 0.0610. The second-order valence-corrected chi connectivity index (χ2v) is 5.63. The molecule has 0 aliphatic rings. The lowest BCUT2D eigenvalue weighted by molar-refractivity contribution is 0.0699. The largest absolute Gasteiger partial charge is 0.478 e. The van der Waals surface area contributed by atoms with E-state index in [0.29, 0.717) is 10.9 Å². The Kier molecular flexibility index (Phi) is 3.81. The number of halogens is 1. The van der Waals surface area contributed by atoms with Crippen molar-refractivity contribution in [3.05, 3.63) is 60.0 Å². The van der Waals surface area contributed by atoms with E-state index in [-0.39, 0.29) is 17.4 Å². The number of aromatic nitrogens is 1. The van der Waals surface area contributed by atoms with Crippen molar-refractivity contribution in [2.24, 2.45) is 0 Å². The lowest BCUT2D eigenvalue weighted by Gasteiger charge is -2.12. The van der Waals surface area contributed by atoms with Gasteiger partial charge in [0.1, 0.15) is 5.82 Å². The Hall–Kier alpha value is -3.15. The lowest BCUT2D eigenvalue weighted by atomic mass is 10.0. The van der Waals surface area contributed by atoms with Crippen molar-refractivity contribution in [2.75, 3.05) is 14.1 Å². The number of fused-ring (bicyclic) bond motifs is 1. The van der Waals surface area contributed by atoms with E-state index in [1.165, 1.54) is 27.8 Å². The second kappa shape index (κ2) is 5.81. The third kappa shape index (κ3) is 2.62. The summed E-state index contributed by atoms with van der Waals surface area (Å²) in [7, 11) is 3.19. The molecule has 3 rings (SSSR count). The Morgan fingerprint density at radius 1 is 1.04 bits per heavy atom. The summed E-state index contributed by atoms with van der Waals surface area (Å²) in [5.74, 6) is -1.43. The fourth-order valence-electron chi connectivity index (χ4n) is 2.59. The van der Waals surface area contributed by atoms with E-state index in [4.69, 9.17) is 0 Å². The molecule has 0 unspecified atom stereocenters. The molecule has 0 fully saturated rings. The zero-order valence-corrected chi connectivity index (χ0v) is 13.2. The molecule has 24 heavy (non-hydrogen) atoms. The molecule has 0 saturated carbocycles. The molecule has 0 radical (unpaired) electrons. The number of amides is 1. The Balaban J connectivity index is 2.23. The molecule has 0 atom stereocenters. The van der Waals surface area contributed by atoms with Crippen LogP contribution in [0.4, 0.5) is 9.18 Å². The molecule has 3 aromatic rings. The number of hydrogen-bond donors (Lipinski definition) is 1. The lowest BCUT2D eigenvalue weighted by Crippen LogP contribution is -2.26. The highest BCUT2D eigenvalue weighted by atomic mass is 19.1. The molecule has 1 aromatic heterocycles. The van der Waals surface area contributed by atoms with Gasteiger partial charge in [0.25, 0.3) is 0 Å². The summed E-state index contributed by atoms with van der Waals surface area (Å²) in [5.41, 5.74) is 2.10. The van der Waals surface area contributed by atoms with Gasteiger partial charge in [0.15, 0.2) is 0 Å². The van der Waals surface area contributed by atoms with Crippen LogP contribution in [-0.2, 0) is 0 Å². The second-order valence-electron chi connectivity index (χ2n) is 5.63. The van der Waals surface area contributed by atoms with Gasteiger partial charge in [-0.25, -0.2) is 14.0 Å². The predicted octanol–water partition coefficient (Wildman–Crippen LogP) is 3.68. The first-order valence-electron chi connectivity index (χ1n) is 7.24. The fourth-order valence-corrected chi connectivity index (χ4v) is 2.59. The molecule has 1 N–H and O–H groups in total. The Labute approximate surface area is 137 Å². The number of carbonyl (C=O) groups is 2. The molecule has 6 heteroatoms. The molecule has 2 aromatic carbocycles. The summed E-state index contributed by atoms with van der Waals surface area (Å²) in [6.45, 7) is 0. The fraction of sp³-hybridized carbons (Fsp3) is 0.111. The molecule has 1 amide bonds. The Bertz CT molecular complexity index is 943. The van der Waals surface area contributed by atoms with Crippen LogP contribution >= 0.6 is 0 Å². The van der Waals surface area contributed by atoms with E-state index in [0.717, 1.165) is 11.1 Å². The first kappa shape index (κ1) is 15.7. The van der Waals surface area contributed by atoms with Crippen molar-refractivity contribution in [3.63, 3.8) is 0 Å². The van der Waals surface area contributed by atoms with Crippen molar-refractivity contribution in [1.29, 1.82) is 0 Å². The van der Waals surface area contributed by atoms with E-state index in [1.54, 1.807) is 44.4 Å². The number of benzene rings is 2. The summed E-state index contributed by atoms with van der Waals surface area (Å²) in [6, 6.07) is 10.8. The highest BCUT2D eigenvalue weighted by molar-refractivity contribution is 6.07. The number of carboxylic acids is 1. The average molecular weight is 326 g/mol. The zero-order valence-electron chi connectivity index (χ0n) is 13.2. The third-order valence-electron chi connectivity index (χ3n) is 3.80. The van der Waals surface area contributed by atoms with Crippen LogP contribution in [0.15, 0.2) is 48.7 Å². The van der Waals surface area contributed by atoms with E-state index in [9.17, 15) is 19.1 Å². The molecular formula is C18H15FN2O3. The van der Waals surface area contributed by atoms with Crippen LogP contribution < -0.4 is 0 Å². The summed E-state index contributed by atoms with van der Waals surface area (Å²) in [4.78, 5) is 25.1. The normalized spacial score (nSPS) is 10.8. The van der Waals surface area contributed by atoms with Crippen LogP contribution in [-0.4, -0.2) is 40.7 Å². The first-order chi connectivity index (χ1) is 11.4. The minimum atomic E-state index is -1.10. The van der Waals surface area contributed by atoms with Crippen LogP contribution in [0.1, 0.15) is 10.4 Å². The molecule has 122 valence electrons. The highest BCUT2D eigenvalue weighted by Crippen LogP contribution is 2.28. The molecule has 1 heterocycles. The predicted molar refractivity (Wildman–Crippen MR) is 88.8 cm³/mol. The molecular weight excluding hydrogens is 311 g/mol. The van der Waals surface area contributed by atoms with Crippen molar-refractivity contribution < 1.29 is 19.1 Å². The van der Waals surface area contributed by atoms with Crippen LogP contribution in [0.5, 0.6) is 0 Å². The Morgan fingerprint density at radius 3 is 2.25 bits per heavy atom. The topological polar surface area (TPSA) is 62.5 Å². The average Bonchev–Trinajstić information content (AvgIpc) is 2.93. The quantitative estimate of drug-likeness (QED) is 0.781. The first-order valence-corrected chi connectivity index (χ1v) is 7.24. The van der Waals surface area contributed by atoms with Crippen molar-refractivity contribution in [1.82, 2.24) is 9.47 Å². The van der Waals surface area contributed by atoms with Crippen molar-refractivity contribution in [2.45, 2.75) is 0 Å². The summed E-state index contributed by atoms with van der Waals surface area (Å²) >= 11 is 0. The van der Waals surface area contributed by atoms with Gasteiger partial charge in [0.05, 0.1) is 11.1 Å². The highest BCUT2D eigenvalue weighted by Gasteiger charge is 2.19. The molecule has 0 spiro atoms. The molecule has 0 aliphatic carbocycles. The monoisotopic (exact) mass is 326 g/mol. The van der Waals surface area contributed by atoms with Gasteiger partial charge in [-0.1, -0.05) is 24.3 Å². The van der Waals surface area contributed by atoms with Gasteiger partial charge >= 0.3 is 12.0 Å². The molecule has 0 saturated heterocycles. The molecule has 0 aliphatic heterocycles. The Morgan fingerprint density at radius 2 is 1.67 bits per heavy atom. The third-order valence-corrected chi connectivity index (χ3v) is 3.80. The maximum Gasteiger partial charge on any atom is 0.337 e. The number of carbonyl (C=O) groups excluding carboxylic acids is 1. The van der Waals surface area contributed by atoms with Gasteiger partial charge in [-0.2, -0.15) is 0 Å². The van der Waals surface area contributed by atoms with Gasteiger partial charge < -0.3 is 10.0 Å². The van der Waals surface area contributed by atoms with Crippen LogP contribution in [0.3, 0.4) is 0 Å². The van der Waals surface area contributed by atoms with Gasteiger partial charge in [-0.15, -0.1) is 0 Å². The number of rotatable bonds is 2. The number of carboxylic acid groups (broad SMARTS) is 1. The van der Waals surface area contributed by atoms with Gasteiger partial charge in [0.2, 0.25) is 0 Å². The molecule has 0 bridgehead atoms. The van der Waals surface area contributed by atoms with E-state index in [2.05, 4.69) is 0 Å². The van der Waals surface area contributed by atoms with E-state index in [1.807, 2.05) is 0 Å². The maximum atomic E-state index is 13.1. The van der Waals surface area contributed by atoms with Gasteiger partial charge in [-0.3, -0.25) is 4.57 Å². The van der Waals surface area contributed by atoms with E-state index >= 15 is 0 Å². The van der Waals surface area contributed by atoms with Crippen LogP contribution in [0.2, 0.25) is 0 Å². The zero-order chi connectivity index (χ0) is 17.4. The maximum absolute atomic E-state index is 13.1. The van der Waals surface area contributed by atoms with Crippen LogP contribution in [0, 0.1) is 5.82 Å².